The van der Waals surface area contributed by atoms with Gasteiger partial charge in [-0.15, -0.1) is 0 Å². The van der Waals surface area contributed by atoms with Crippen molar-refractivity contribution in [3.8, 4) is 0 Å². The van der Waals surface area contributed by atoms with Crippen molar-refractivity contribution in [2.75, 3.05) is 35.0 Å². The lowest BCUT2D eigenvalue weighted by atomic mass is 10.2. The van der Waals surface area contributed by atoms with Gasteiger partial charge in [0.15, 0.2) is 0 Å². The van der Waals surface area contributed by atoms with E-state index in [1.165, 1.54) is 4.31 Å². The summed E-state index contributed by atoms with van der Waals surface area (Å²) in [5.41, 5.74) is 1.66. The highest BCUT2D eigenvalue weighted by Crippen LogP contribution is 2.25. The molecule has 1 saturated heterocycles. The van der Waals surface area contributed by atoms with Crippen molar-refractivity contribution >= 4 is 31.4 Å². The molecule has 2 N–H and O–H groups in total. The molecule has 0 spiro atoms. The van der Waals surface area contributed by atoms with Crippen molar-refractivity contribution in [2.24, 2.45) is 0 Å². The van der Waals surface area contributed by atoms with E-state index < -0.39 is 24.8 Å². The molecule has 0 unspecified atom stereocenters. The van der Waals surface area contributed by atoms with Crippen LogP contribution in [0, 0.1) is 0 Å². The van der Waals surface area contributed by atoms with Crippen LogP contribution < -0.4 is 14.3 Å². The molecule has 0 bridgehead atoms. The molecule has 0 atom stereocenters. The fourth-order valence-electron chi connectivity index (χ4n) is 2.76. The minimum atomic E-state index is -3.27. The number of nitrogens with one attached hydrogen (secondary N) is 2. The maximum absolute atomic E-state index is 11.9. The smallest absolute Gasteiger partial charge is 0.235 e. The minimum Gasteiger partial charge on any atom is -0.385 e. The molecule has 7 nitrogen and oxygen atoms in total. The molecule has 9 heteroatoms. The van der Waals surface area contributed by atoms with E-state index in [2.05, 4.69) is 10.0 Å². The van der Waals surface area contributed by atoms with Crippen LogP contribution in [-0.4, -0.2) is 47.0 Å². The Morgan fingerprint density at radius 2 is 1.67 bits per heavy atom. The van der Waals surface area contributed by atoms with Crippen LogP contribution in [0.1, 0.15) is 46.5 Å². The van der Waals surface area contributed by atoms with Crippen LogP contribution in [0.3, 0.4) is 0 Å². The van der Waals surface area contributed by atoms with Crippen molar-refractivity contribution < 1.29 is 16.8 Å². The highest BCUT2D eigenvalue weighted by Gasteiger charge is 2.28. The van der Waals surface area contributed by atoms with E-state index in [0.29, 0.717) is 25.2 Å². The first-order chi connectivity index (χ1) is 12.5. The van der Waals surface area contributed by atoms with E-state index in [1.807, 2.05) is 24.3 Å². The second kappa shape index (κ2) is 8.79. The Morgan fingerprint density at radius 3 is 2.22 bits per heavy atom. The molecule has 0 aromatic heterocycles. The van der Waals surface area contributed by atoms with E-state index in [1.54, 1.807) is 20.8 Å². The molecule has 0 radical (unpaired) electrons. The van der Waals surface area contributed by atoms with Gasteiger partial charge in [-0.2, -0.15) is 0 Å². The molecule has 1 heterocycles. The van der Waals surface area contributed by atoms with Gasteiger partial charge in [-0.3, -0.25) is 4.31 Å². The predicted octanol–water partition coefficient (Wildman–Crippen LogP) is 2.53. The predicted molar refractivity (Wildman–Crippen MR) is 111 cm³/mol. The quantitative estimate of drug-likeness (QED) is 0.602. The van der Waals surface area contributed by atoms with Crippen LogP contribution in [0.4, 0.5) is 11.4 Å². The van der Waals surface area contributed by atoms with Gasteiger partial charge in [0.2, 0.25) is 20.0 Å². The topological polar surface area (TPSA) is 95.6 Å². The van der Waals surface area contributed by atoms with Gasteiger partial charge in [0.05, 0.1) is 16.2 Å². The van der Waals surface area contributed by atoms with Gasteiger partial charge in [-0.1, -0.05) is 6.42 Å². The van der Waals surface area contributed by atoms with E-state index in [0.717, 1.165) is 31.5 Å². The minimum absolute atomic E-state index is 0.221. The van der Waals surface area contributed by atoms with Crippen LogP contribution in [0.15, 0.2) is 24.3 Å². The van der Waals surface area contributed by atoms with Crippen LogP contribution in [0.25, 0.3) is 0 Å². The third kappa shape index (κ3) is 6.08. The monoisotopic (exact) mass is 417 g/mol. The molecule has 0 amide bonds. The van der Waals surface area contributed by atoms with Gasteiger partial charge < -0.3 is 5.32 Å². The molecule has 0 saturated carbocycles. The van der Waals surface area contributed by atoms with Crippen molar-refractivity contribution in [3.05, 3.63) is 24.3 Å². The molecular formula is C18H31N3O4S2. The Balaban J connectivity index is 1.67. The summed E-state index contributed by atoms with van der Waals surface area (Å²) in [4.78, 5) is 0. The Labute approximate surface area is 163 Å². The molecule has 1 aliphatic heterocycles. The van der Waals surface area contributed by atoms with Crippen molar-refractivity contribution in [2.45, 2.75) is 51.2 Å². The molecule has 27 heavy (non-hydrogen) atoms. The van der Waals surface area contributed by atoms with Crippen LogP contribution in [0.5, 0.6) is 0 Å². The molecular weight excluding hydrogens is 386 g/mol. The molecule has 1 aliphatic rings. The summed E-state index contributed by atoms with van der Waals surface area (Å²) in [6, 6.07) is 7.43. The number of benzene rings is 1. The number of sulfonamides is 2. The van der Waals surface area contributed by atoms with Crippen LogP contribution >= 0.6 is 0 Å². The van der Waals surface area contributed by atoms with Crippen LogP contribution in [0.2, 0.25) is 0 Å². The first-order valence-corrected chi connectivity index (χ1v) is 12.5. The lowest BCUT2D eigenvalue weighted by Gasteiger charge is -2.19. The van der Waals surface area contributed by atoms with Crippen molar-refractivity contribution in [1.82, 2.24) is 4.72 Å². The molecule has 1 fully saturated rings. The third-order valence-corrected chi connectivity index (χ3v) is 8.60. The van der Waals surface area contributed by atoms with Gasteiger partial charge in [-0.05, 0) is 64.3 Å². The van der Waals surface area contributed by atoms with E-state index in [9.17, 15) is 16.8 Å². The summed E-state index contributed by atoms with van der Waals surface area (Å²) >= 11 is 0. The summed E-state index contributed by atoms with van der Waals surface area (Å²) in [6.45, 7) is 6.84. The fraction of sp³-hybridized carbons (Fsp3) is 0.667. The zero-order valence-corrected chi connectivity index (χ0v) is 18.0. The summed E-state index contributed by atoms with van der Waals surface area (Å²) in [5, 5.41) is 3.31. The summed E-state index contributed by atoms with van der Waals surface area (Å²) in [7, 11) is -6.40. The van der Waals surface area contributed by atoms with Crippen molar-refractivity contribution in [1.29, 1.82) is 0 Å². The third-order valence-electron chi connectivity index (χ3n) is 4.54. The molecule has 154 valence electrons. The summed E-state index contributed by atoms with van der Waals surface area (Å²) < 4.78 is 51.0. The number of hydrogen-bond donors (Lipinski definition) is 2. The van der Waals surface area contributed by atoms with E-state index >= 15 is 0 Å². The maximum atomic E-state index is 11.9. The Morgan fingerprint density at radius 1 is 1.04 bits per heavy atom. The number of rotatable bonds is 9. The lowest BCUT2D eigenvalue weighted by Crippen LogP contribution is -2.39. The van der Waals surface area contributed by atoms with Gasteiger partial charge in [0.25, 0.3) is 0 Å². The van der Waals surface area contributed by atoms with Gasteiger partial charge in [0.1, 0.15) is 0 Å². The van der Waals surface area contributed by atoms with Gasteiger partial charge in [-0.25, -0.2) is 21.6 Å². The lowest BCUT2D eigenvalue weighted by molar-refractivity contribution is 0.540. The number of unbranched alkanes of at least 4 members (excludes halogenated alkanes) is 2. The first-order valence-electron chi connectivity index (χ1n) is 9.36. The first kappa shape index (κ1) is 22.0. The zero-order chi connectivity index (χ0) is 20.1. The average Bonchev–Trinajstić information content (AvgIpc) is 2.92. The van der Waals surface area contributed by atoms with Gasteiger partial charge >= 0.3 is 0 Å². The highest BCUT2D eigenvalue weighted by molar-refractivity contribution is 7.93. The van der Waals surface area contributed by atoms with E-state index in [-0.39, 0.29) is 5.75 Å². The zero-order valence-electron chi connectivity index (χ0n) is 16.4. The summed E-state index contributed by atoms with van der Waals surface area (Å²) in [5.74, 6) is 0.221. The number of anilines is 2. The second-order valence-corrected chi connectivity index (χ2v) is 12.3. The number of nitrogens with zero attached hydrogens (tertiary/aromatic N) is 1. The summed E-state index contributed by atoms with van der Waals surface area (Å²) in [6.07, 6.45) is 3.32. The standard InChI is InChI=1S/C18H31N3O4S2/c1-18(2,3)27(24,25)20-13-6-4-5-12-19-16-8-10-17(11-9-16)21-14-7-15-26(21,22)23/h8-11,19-20H,4-7,12-15H2,1-3H3. The van der Waals surface area contributed by atoms with Gasteiger partial charge in [0, 0.05) is 25.3 Å². The average molecular weight is 418 g/mol. The van der Waals surface area contributed by atoms with E-state index in [4.69, 9.17) is 0 Å². The Hall–Kier alpha value is -1.32. The van der Waals surface area contributed by atoms with Crippen molar-refractivity contribution in [3.63, 3.8) is 0 Å². The Kier molecular flexibility index (Phi) is 7.15. The molecule has 1 aromatic carbocycles. The maximum Gasteiger partial charge on any atom is 0.235 e. The second-order valence-electron chi connectivity index (χ2n) is 7.79. The normalized spacial score (nSPS) is 17.2. The number of hydrogen-bond acceptors (Lipinski definition) is 5. The SMILES string of the molecule is CC(C)(C)S(=O)(=O)NCCCCCNc1ccc(N2CCCS2(=O)=O)cc1. The molecule has 0 aliphatic carbocycles. The molecule has 2 rings (SSSR count). The fourth-order valence-corrected chi connectivity index (χ4v) is 5.17. The van der Waals surface area contributed by atoms with Crippen LogP contribution in [-0.2, 0) is 20.0 Å². The largest absolute Gasteiger partial charge is 0.385 e. The molecule has 1 aromatic rings. The Bertz CT molecular complexity index is 813. The highest BCUT2D eigenvalue weighted by atomic mass is 32.2.